The van der Waals surface area contributed by atoms with Crippen molar-refractivity contribution in [1.82, 2.24) is 10.2 Å². The van der Waals surface area contributed by atoms with Crippen molar-refractivity contribution in [3.8, 4) is 11.6 Å². The Balaban J connectivity index is 2.09. The molecule has 0 saturated heterocycles. The second kappa shape index (κ2) is 9.82. The van der Waals surface area contributed by atoms with E-state index in [0.717, 1.165) is 37.8 Å². The number of rotatable bonds is 10. The second-order valence-electron chi connectivity index (χ2n) is 5.57. The maximum atomic E-state index is 5.86. The Bertz CT molecular complexity index is 573. The van der Waals surface area contributed by atoms with Crippen LogP contribution in [0.15, 0.2) is 36.4 Å². The van der Waals surface area contributed by atoms with Crippen molar-refractivity contribution >= 4 is 0 Å². The Labute approximate surface area is 138 Å². The van der Waals surface area contributed by atoms with Crippen LogP contribution in [0.4, 0.5) is 0 Å². The van der Waals surface area contributed by atoms with E-state index in [4.69, 9.17) is 9.47 Å². The highest BCUT2D eigenvalue weighted by molar-refractivity contribution is 5.35. The summed E-state index contributed by atoms with van der Waals surface area (Å²) in [6, 6.07) is 12.2. The van der Waals surface area contributed by atoms with Crippen molar-refractivity contribution in [1.29, 1.82) is 0 Å². The molecular formula is C19H26N2O2. The lowest BCUT2D eigenvalue weighted by Gasteiger charge is -2.12. The zero-order chi connectivity index (χ0) is 16.3. The predicted octanol–water partition coefficient (Wildman–Crippen LogP) is 4.43. The van der Waals surface area contributed by atoms with Gasteiger partial charge >= 0.3 is 0 Å². The minimum atomic E-state index is 0.506. The average Bonchev–Trinajstić information content (AvgIpc) is 2.58. The molecule has 4 nitrogen and oxygen atoms in total. The molecule has 0 bridgehead atoms. The van der Waals surface area contributed by atoms with Gasteiger partial charge in [0.25, 0.3) is 5.88 Å². The fourth-order valence-corrected chi connectivity index (χ4v) is 2.14. The van der Waals surface area contributed by atoms with Crippen LogP contribution in [0, 0.1) is 0 Å². The SMILES string of the molecule is CCCCOc1cc(Cc2ccccc2)nnc1OCCCC. The Morgan fingerprint density at radius 1 is 0.870 bits per heavy atom. The molecule has 4 heteroatoms. The lowest BCUT2D eigenvalue weighted by Crippen LogP contribution is -2.06. The zero-order valence-electron chi connectivity index (χ0n) is 14.1. The van der Waals surface area contributed by atoms with Gasteiger partial charge in [0.1, 0.15) is 0 Å². The first-order chi connectivity index (χ1) is 11.3. The Kier molecular flexibility index (Phi) is 7.37. The standard InChI is InChI=1S/C19H26N2O2/c1-3-5-12-22-18-15-17(14-16-10-8-7-9-11-16)20-21-19(18)23-13-6-4-2/h7-11,15H,3-6,12-14H2,1-2H3. The molecule has 0 fully saturated rings. The van der Waals surface area contributed by atoms with Gasteiger partial charge in [0.2, 0.25) is 0 Å². The molecule has 0 unspecified atom stereocenters. The fourth-order valence-electron chi connectivity index (χ4n) is 2.14. The molecule has 0 saturated carbocycles. The molecule has 2 rings (SSSR count). The van der Waals surface area contributed by atoms with E-state index in [0.29, 0.717) is 24.8 Å². The number of nitrogens with zero attached hydrogens (tertiary/aromatic N) is 2. The molecule has 0 aliphatic heterocycles. The lowest BCUT2D eigenvalue weighted by molar-refractivity contribution is 0.250. The van der Waals surface area contributed by atoms with Crippen molar-refractivity contribution in [2.24, 2.45) is 0 Å². The molecule has 0 N–H and O–H groups in total. The summed E-state index contributed by atoms with van der Waals surface area (Å²) in [5.41, 5.74) is 2.10. The van der Waals surface area contributed by atoms with E-state index >= 15 is 0 Å². The summed E-state index contributed by atoms with van der Waals surface area (Å²) < 4.78 is 11.6. The first-order valence-corrected chi connectivity index (χ1v) is 8.49. The largest absolute Gasteiger partial charge is 0.488 e. The van der Waals surface area contributed by atoms with E-state index in [1.54, 1.807) is 0 Å². The van der Waals surface area contributed by atoms with Crippen molar-refractivity contribution < 1.29 is 9.47 Å². The molecule has 0 atom stereocenters. The van der Waals surface area contributed by atoms with Gasteiger partial charge in [-0.05, 0) is 18.4 Å². The highest BCUT2D eigenvalue weighted by atomic mass is 16.5. The van der Waals surface area contributed by atoms with Crippen LogP contribution in [0.1, 0.15) is 50.8 Å². The van der Waals surface area contributed by atoms with Gasteiger partial charge in [0.05, 0.1) is 18.9 Å². The number of aromatic nitrogens is 2. The second-order valence-corrected chi connectivity index (χ2v) is 5.57. The van der Waals surface area contributed by atoms with E-state index in [1.807, 2.05) is 24.3 Å². The molecule has 0 aliphatic rings. The molecule has 2 aromatic rings. The normalized spacial score (nSPS) is 10.5. The highest BCUT2D eigenvalue weighted by Crippen LogP contribution is 2.25. The molecule has 0 radical (unpaired) electrons. The number of hydrogen-bond donors (Lipinski definition) is 0. The first kappa shape index (κ1) is 17.3. The van der Waals surface area contributed by atoms with E-state index in [1.165, 1.54) is 5.56 Å². The summed E-state index contributed by atoms with van der Waals surface area (Å²) in [5, 5.41) is 8.51. The molecule has 1 aromatic heterocycles. The molecule has 124 valence electrons. The van der Waals surface area contributed by atoms with Crippen LogP contribution in [0.5, 0.6) is 11.6 Å². The highest BCUT2D eigenvalue weighted by Gasteiger charge is 2.10. The Hall–Kier alpha value is -2.10. The van der Waals surface area contributed by atoms with Crippen LogP contribution in [-0.4, -0.2) is 23.4 Å². The van der Waals surface area contributed by atoms with Gasteiger partial charge in [-0.1, -0.05) is 57.0 Å². The first-order valence-electron chi connectivity index (χ1n) is 8.49. The van der Waals surface area contributed by atoms with E-state index in [9.17, 15) is 0 Å². The third-order valence-corrected chi connectivity index (χ3v) is 3.50. The van der Waals surface area contributed by atoms with Crippen LogP contribution in [0.3, 0.4) is 0 Å². The minimum Gasteiger partial charge on any atom is -0.488 e. The fraction of sp³-hybridized carbons (Fsp3) is 0.474. The summed E-state index contributed by atoms with van der Waals surface area (Å²) in [5.74, 6) is 1.21. The number of benzene rings is 1. The van der Waals surface area contributed by atoms with Crippen molar-refractivity contribution in [3.63, 3.8) is 0 Å². The third-order valence-electron chi connectivity index (χ3n) is 3.50. The summed E-state index contributed by atoms with van der Waals surface area (Å²) in [6.07, 6.45) is 4.95. The number of unbranched alkanes of at least 4 members (excludes halogenated alkanes) is 2. The molecule has 23 heavy (non-hydrogen) atoms. The maximum Gasteiger partial charge on any atom is 0.276 e. The minimum absolute atomic E-state index is 0.506. The van der Waals surface area contributed by atoms with Crippen molar-refractivity contribution in [2.75, 3.05) is 13.2 Å². The van der Waals surface area contributed by atoms with Gasteiger partial charge in [-0.2, -0.15) is 5.10 Å². The van der Waals surface area contributed by atoms with Crippen LogP contribution in [0.2, 0.25) is 0 Å². The number of hydrogen-bond acceptors (Lipinski definition) is 4. The van der Waals surface area contributed by atoms with Crippen molar-refractivity contribution in [2.45, 2.75) is 46.0 Å². The number of ether oxygens (including phenoxy) is 2. The average molecular weight is 314 g/mol. The van der Waals surface area contributed by atoms with Gasteiger partial charge in [0.15, 0.2) is 5.75 Å². The lowest BCUT2D eigenvalue weighted by atomic mass is 10.1. The van der Waals surface area contributed by atoms with Crippen LogP contribution < -0.4 is 9.47 Å². The van der Waals surface area contributed by atoms with E-state index < -0.39 is 0 Å². The van der Waals surface area contributed by atoms with Gasteiger partial charge in [0, 0.05) is 12.5 Å². The van der Waals surface area contributed by atoms with Crippen LogP contribution in [-0.2, 0) is 6.42 Å². The van der Waals surface area contributed by atoms with Gasteiger partial charge in [-0.15, -0.1) is 5.10 Å². The topological polar surface area (TPSA) is 44.2 Å². The van der Waals surface area contributed by atoms with E-state index in [2.05, 4.69) is 36.2 Å². The molecule has 0 amide bonds. The summed E-state index contributed by atoms with van der Waals surface area (Å²) in [7, 11) is 0. The van der Waals surface area contributed by atoms with Gasteiger partial charge in [-0.3, -0.25) is 0 Å². The monoisotopic (exact) mass is 314 g/mol. The quantitative estimate of drug-likeness (QED) is 0.609. The summed E-state index contributed by atoms with van der Waals surface area (Å²) in [6.45, 7) is 5.61. The Morgan fingerprint density at radius 2 is 1.57 bits per heavy atom. The van der Waals surface area contributed by atoms with Gasteiger partial charge < -0.3 is 9.47 Å². The molecule has 0 spiro atoms. The molecule has 0 aliphatic carbocycles. The van der Waals surface area contributed by atoms with E-state index in [-0.39, 0.29) is 0 Å². The molecule has 1 aromatic carbocycles. The van der Waals surface area contributed by atoms with Crippen molar-refractivity contribution in [3.05, 3.63) is 47.7 Å². The molecule has 1 heterocycles. The maximum absolute atomic E-state index is 5.86. The van der Waals surface area contributed by atoms with Crippen LogP contribution in [0.25, 0.3) is 0 Å². The van der Waals surface area contributed by atoms with Crippen LogP contribution >= 0.6 is 0 Å². The molecular weight excluding hydrogens is 288 g/mol. The zero-order valence-corrected chi connectivity index (χ0v) is 14.1. The smallest absolute Gasteiger partial charge is 0.276 e. The van der Waals surface area contributed by atoms with Gasteiger partial charge in [-0.25, -0.2) is 0 Å². The predicted molar refractivity (Wildman–Crippen MR) is 92.1 cm³/mol. The summed E-state index contributed by atoms with van der Waals surface area (Å²) >= 11 is 0. The summed E-state index contributed by atoms with van der Waals surface area (Å²) in [4.78, 5) is 0. The Morgan fingerprint density at radius 3 is 2.26 bits per heavy atom. The third kappa shape index (κ3) is 5.89.